The van der Waals surface area contributed by atoms with Crippen LogP contribution >= 0.6 is 0 Å². The van der Waals surface area contributed by atoms with Gasteiger partial charge in [0.2, 0.25) is 0 Å². The van der Waals surface area contributed by atoms with Crippen LogP contribution in [0.25, 0.3) is 55.6 Å². The fourth-order valence-corrected chi connectivity index (χ4v) is 6.77. The molecule has 0 saturated carbocycles. The van der Waals surface area contributed by atoms with Gasteiger partial charge < -0.3 is 5.73 Å². The number of rotatable bonds is 10. The lowest BCUT2D eigenvalue weighted by molar-refractivity contribution is 1.06. The van der Waals surface area contributed by atoms with Crippen LogP contribution in [0.4, 0.5) is 0 Å². The molecule has 6 rings (SSSR count). The van der Waals surface area contributed by atoms with E-state index in [-0.39, 0.29) is 0 Å². The van der Waals surface area contributed by atoms with Crippen molar-refractivity contribution < 1.29 is 0 Å². The van der Waals surface area contributed by atoms with Crippen LogP contribution in [0.15, 0.2) is 171 Å². The molecule has 0 fully saturated rings. The first-order valence-corrected chi connectivity index (χ1v) is 19.4. The second kappa shape index (κ2) is 20.9. The van der Waals surface area contributed by atoms with Crippen LogP contribution < -0.4 is 5.73 Å². The Labute approximate surface area is 325 Å². The zero-order valence-corrected chi connectivity index (χ0v) is 33.2. The molecule has 0 amide bonds. The summed E-state index contributed by atoms with van der Waals surface area (Å²) in [5, 5.41) is 5.05. The van der Waals surface area contributed by atoms with E-state index in [9.17, 15) is 0 Å². The highest BCUT2D eigenvalue weighted by Crippen LogP contribution is 2.38. The third-order valence-corrected chi connectivity index (χ3v) is 9.10. The third-order valence-electron chi connectivity index (χ3n) is 9.10. The number of allylic oxidation sites excluding steroid dienone is 14. The lowest BCUT2D eigenvalue weighted by Crippen LogP contribution is -2.01. The zero-order valence-electron chi connectivity index (χ0n) is 33.2. The quantitative estimate of drug-likeness (QED) is 0.0873. The molecule has 1 nitrogen and oxygen atoms in total. The van der Waals surface area contributed by atoms with Crippen molar-refractivity contribution in [1.82, 2.24) is 0 Å². The fraction of sp³-hybridized carbons (Fsp3) is 0.170. The van der Waals surface area contributed by atoms with Crippen molar-refractivity contribution in [3.05, 3.63) is 204 Å². The van der Waals surface area contributed by atoms with Gasteiger partial charge in [-0.3, -0.25) is 0 Å². The summed E-state index contributed by atoms with van der Waals surface area (Å²) in [4.78, 5) is 0. The summed E-state index contributed by atoms with van der Waals surface area (Å²) in [5.74, 6) is 0. The van der Waals surface area contributed by atoms with Crippen molar-refractivity contribution in [3.63, 3.8) is 0 Å². The van der Waals surface area contributed by atoms with Crippen LogP contribution in [0.1, 0.15) is 94.2 Å². The first-order chi connectivity index (χ1) is 26.5. The standard InChI is InChI=1S/C48H43N.C3H8.C2H6/c1-5-9-19-34(8-4)39-31-41(33-42(32-39)48(49)18-7-3)45-25-13-12-23-43(45)38-22-16-21-36(28-38)35(17-6-2)29-40-30-37-20-10-11-24-44(37)47-27-15-14-26-46(40)47;1-3-2;1-2/h5-12,14-24,26-33H,1,3,13,25,49H2,2,4H3;3H2,1-2H3;1-2H3/b17-6-,19-9-,34-8+,35-29+,48-18-;;. The van der Waals surface area contributed by atoms with Crippen molar-refractivity contribution in [2.45, 2.75) is 60.8 Å². The Morgan fingerprint density at radius 3 is 2.09 bits per heavy atom. The number of fused-ring (bicyclic) bond motifs is 3. The summed E-state index contributed by atoms with van der Waals surface area (Å²) in [7, 11) is 0. The Kier molecular flexibility index (Phi) is 15.8. The molecule has 0 spiro atoms. The highest BCUT2D eigenvalue weighted by atomic mass is 14.6. The number of hydrogen-bond donors (Lipinski definition) is 1. The minimum atomic E-state index is 0.694. The first-order valence-electron chi connectivity index (χ1n) is 19.4. The van der Waals surface area contributed by atoms with E-state index in [0.29, 0.717) is 5.70 Å². The number of nitrogens with two attached hydrogens (primary N) is 1. The van der Waals surface area contributed by atoms with E-state index in [1.165, 1.54) is 66.9 Å². The lowest BCUT2D eigenvalue weighted by Gasteiger charge is -2.20. The van der Waals surface area contributed by atoms with Gasteiger partial charge in [0.25, 0.3) is 0 Å². The fourth-order valence-electron chi connectivity index (χ4n) is 6.77. The van der Waals surface area contributed by atoms with Crippen LogP contribution in [0.2, 0.25) is 0 Å². The van der Waals surface area contributed by atoms with Crippen molar-refractivity contribution >= 4 is 55.6 Å². The van der Waals surface area contributed by atoms with E-state index in [0.717, 1.165) is 29.5 Å². The Hall–Kier alpha value is -5.92. The normalized spacial score (nSPS) is 13.6. The van der Waals surface area contributed by atoms with E-state index in [1.54, 1.807) is 12.2 Å². The zero-order chi connectivity index (χ0) is 38.9. The Morgan fingerprint density at radius 1 is 0.704 bits per heavy atom. The van der Waals surface area contributed by atoms with Crippen molar-refractivity contribution in [1.29, 1.82) is 0 Å². The van der Waals surface area contributed by atoms with Gasteiger partial charge >= 0.3 is 0 Å². The smallest absolute Gasteiger partial charge is 0.0387 e. The highest BCUT2D eigenvalue weighted by Gasteiger charge is 2.16. The molecule has 0 bridgehead atoms. The van der Waals surface area contributed by atoms with E-state index in [2.05, 4.69) is 180 Å². The predicted molar refractivity (Wildman–Crippen MR) is 245 cm³/mol. The van der Waals surface area contributed by atoms with Gasteiger partial charge in [0.1, 0.15) is 0 Å². The van der Waals surface area contributed by atoms with Crippen molar-refractivity contribution in [2.24, 2.45) is 5.73 Å². The molecule has 0 heterocycles. The molecule has 274 valence electrons. The van der Waals surface area contributed by atoms with Crippen LogP contribution in [0, 0.1) is 0 Å². The second-order valence-electron chi connectivity index (χ2n) is 12.9. The topological polar surface area (TPSA) is 26.0 Å². The molecule has 5 aromatic rings. The Balaban J connectivity index is 0.00000124. The summed E-state index contributed by atoms with van der Waals surface area (Å²) in [6.07, 6.45) is 26.0. The molecule has 0 saturated heterocycles. The molecule has 0 aromatic heterocycles. The average molecular weight is 708 g/mol. The van der Waals surface area contributed by atoms with Crippen molar-refractivity contribution in [3.8, 4) is 0 Å². The van der Waals surface area contributed by atoms with Gasteiger partial charge in [-0.1, -0.05) is 169 Å². The highest BCUT2D eigenvalue weighted by molar-refractivity contribution is 6.12. The summed E-state index contributed by atoms with van der Waals surface area (Å²) >= 11 is 0. The van der Waals surface area contributed by atoms with E-state index in [4.69, 9.17) is 5.73 Å². The monoisotopic (exact) mass is 707 g/mol. The van der Waals surface area contributed by atoms with Crippen molar-refractivity contribution in [2.75, 3.05) is 0 Å². The average Bonchev–Trinajstić information content (AvgIpc) is 3.22. The summed E-state index contributed by atoms with van der Waals surface area (Å²) in [6, 6.07) is 35.3. The summed E-state index contributed by atoms with van der Waals surface area (Å²) < 4.78 is 0. The molecule has 0 unspecified atom stereocenters. The maximum absolute atomic E-state index is 6.56. The molecule has 1 aliphatic rings. The second-order valence-corrected chi connectivity index (χ2v) is 12.9. The first kappa shape index (κ1) is 40.8. The van der Waals surface area contributed by atoms with Gasteiger partial charge in [0, 0.05) is 5.70 Å². The van der Waals surface area contributed by atoms with Gasteiger partial charge in [-0.2, -0.15) is 0 Å². The molecule has 0 aliphatic heterocycles. The molecule has 2 N–H and O–H groups in total. The van der Waals surface area contributed by atoms with E-state index in [1.807, 2.05) is 26.0 Å². The summed E-state index contributed by atoms with van der Waals surface area (Å²) in [6.45, 7) is 20.1. The van der Waals surface area contributed by atoms with Gasteiger partial charge in [0.15, 0.2) is 0 Å². The van der Waals surface area contributed by atoms with Crippen LogP contribution in [0.5, 0.6) is 0 Å². The van der Waals surface area contributed by atoms with Crippen LogP contribution in [0.3, 0.4) is 0 Å². The minimum Gasteiger partial charge on any atom is -0.398 e. The molecule has 54 heavy (non-hydrogen) atoms. The molecule has 1 aliphatic carbocycles. The SMILES string of the molecule is C=C/C=C\C(=C/C)c1cc(C2=C(c3cccc(C(/C=C\C)=C/c4cc5ccccc5c5ccccc45)c3)C=CCC2)cc(/C(N)=C/C=C)c1.CC.CCC. The van der Waals surface area contributed by atoms with Crippen LogP contribution in [-0.4, -0.2) is 0 Å². The van der Waals surface area contributed by atoms with Gasteiger partial charge in [-0.05, 0) is 146 Å². The molecule has 0 radical (unpaired) electrons. The maximum Gasteiger partial charge on any atom is 0.0387 e. The predicted octanol–water partition coefficient (Wildman–Crippen LogP) is 15.4. The third kappa shape index (κ3) is 9.94. The lowest BCUT2D eigenvalue weighted by atomic mass is 9.85. The minimum absolute atomic E-state index is 0.694. The molecular formula is C53H57N. The Bertz CT molecular complexity index is 2290. The molecular weight excluding hydrogens is 651 g/mol. The van der Waals surface area contributed by atoms with E-state index < -0.39 is 0 Å². The van der Waals surface area contributed by atoms with Gasteiger partial charge in [0.05, 0.1) is 0 Å². The number of hydrogen-bond acceptors (Lipinski definition) is 1. The Morgan fingerprint density at radius 2 is 1.39 bits per heavy atom. The molecule has 1 heteroatoms. The van der Waals surface area contributed by atoms with E-state index >= 15 is 0 Å². The largest absolute Gasteiger partial charge is 0.398 e. The van der Waals surface area contributed by atoms with Gasteiger partial charge in [-0.25, -0.2) is 0 Å². The number of benzene rings is 5. The van der Waals surface area contributed by atoms with Gasteiger partial charge in [-0.15, -0.1) is 0 Å². The molecule has 0 atom stereocenters. The van der Waals surface area contributed by atoms with Crippen LogP contribution in [-0.2, 0) is 0 Å². The summed E-state index contributed by atoms with van der Waals surface area (Å²) in [5.41, 5.74) is 19.0. The maximum atomic E-state index is 6.56. The molecule has 5 aromatic carbocycles.